The normalized spacial score (nSPS) is 14.6. The minimum absolute atomic E-state index is 0. The van der Waals surface area contributed by atoms with E-state index in [0.29, 0.717) is 0 Å². The molecule has 1 fully saturated rings. The second kappa shape index (κ2) is 14.3. The van der Waals surface area contributed by atoms with Gasteiger partial charge < -0.3 is 6.42 Å². The molecule has 1 saturated carbocycles. The first-order chi connectivity index (χ1) is 7.43. The molecule has 17 heavy (non-hydrogen) atoms. The van der Waals surface area contributed by atoms with E-state index in [0.717, 1.165) is 5.92 Å². The fourth-order valence-electron chi connectivity index (χ4n) is 2.03. The first-order valence-electron chi connectivity index (χ1n) is 6.16. The molecule has 0 saturated heterocycles. The quantitative estimate of drug-likeness (QED) is 0.535. The molecule has 2 rings (SSSR count). The van der Waals surface area contributed by atoms with Crippen molar-refractivity contribution in [2.24, 2.45) is 5.92 Å². The number of rotatable bonds is 2. The molecule has 92 valence electrons. The second-order valence-electron chi connectivity index (χ2n) is 4.18. The Labute approximate surface area is 129 Å². The smallest absolute Gasteiger partial charge is 0.328 e. The van der Waals surface area contributed by atoms with Gasteiger partial charge in [-0.2, -0.15) is 49.2 Å². The van der Waals surface area contributed by atoms with E-state index < -0.39 is 0 Å². The summed E-state index contributed by atoms with van der Waals surface area (Å²) < 4.78 is 0. The summed E-state index contributed by atoms with van der Waals surface area (Å²) in [6, 6.07) is 12.5. The van der Waals surface area contributed by atoms with Crippen LogP contribution in [0.1, 0.15) is 45.4 Å². The van der Waals surface area contributed by atoms with Crippen molar-refractivity contribution in [3.8, 4) is 0 Å². The van der Waals surface area contributed by atoms with Gasteiger partial charge in [0.1, 0.15) is 0 Å². The van der Waals surface area contributed by atoms with Crippen molar-refractivity contribution >= 4 is 35.5 Å². The maximum Gasteiger partial charge on any atom is 2.00 e. The molecule has 1 aliphatic carbocycles. The van der Waals surface area contributed by atoms with E-state index in [1.807, 2.05) is 30.3 Å². The zero-order valence-corrected chi connectivity index (χ0v) is 13.1. The Kier molecular flexibility index (Phi) is 16.5. The van der Waals surface area contributed by atoms with Gasteiger partial charge in [-0.15, -0.1) is 12.4 Å². The van der Waals surface area contributed by atoms with Crippen LogP contribution in [0.3, 0.4) is 0 Å². The number of halogens is 1. The van der Waals surface area contributed by atoms with Gasteiger partial charge in [0.15, 0.2) is 0 Å². The zero-order chi connectivity index (χ0) is 10.8. The Morgan fingerprint density at radius 1 is 1.12 bits per heavy atom. The van der Waals surface area contributed by atoms with Crippen LogP contribution in [0.25, 0.3) is 0 Å². The maximum atomic E-state index is 2.89. The molecule has 0 radical (unpaired) electrons. The summed E-state index contributed by atoms with van der Waals surface area (Å²) in [6.07, 6.45) is 11.0. The third-order valence-corrected chi connectivity index (χ3v) is 2.86. The van der Waals surface area contributed by atoms with Crippen molar-refractivity contribution in [2.45, 2.75) is 45.4 Å². The molecule has 0 N–H and O–H groups in total. The van der Waals surface area contributed by atoms with Gasteiger partial charge in [0, 0.05) is 0 Å². The summed E-state index contributed by atoms with van der Waals surface area (Å²) in [5.41, 5.74) is 0. The van der Waals surface area contributed by atoms with Crippen LogP contribution in [-0.4, -0.2) is 23.1 Å². The van der Waals surface area contributed by atoms with E-state index in [4.69, 9.17) is 0 Å². The average molecular weight is 263 g/mol. The molecule has 0 aliphatic heterocycles. The van der Waals surface area contributed by atoms with E-state index in [1.54, 1.807) is 0 Å². The number of hydrogen-bond acceptors (Lipinski definition) is 0. The molecule has 1 aromatic rings. The molecule has 0 bridgehead atoms. The Hall–Kier alpha value is 0.276. The van der Waals surface area contributed by atoms with Gasteiger partial charge in [-0.1, -0.05) is 32.6 Å². The summed E-state index contributed by atoms with van der Waals surface area (Å²) in [5, 5.41) is 0. The third kappa shape index (κ3) is 11.1. The van der Waals surface area contributed by atoms with Crippen LogP contribution in [0.4, 0.5) is 0 Å². The monoisotopic (exact) mass is 262 g/mol. The Bertz CT molecular complexity index is 190. The molecule has 0 heterocycles. The molecule has 0 atom stereocenters. The van der Waals surface area contributed by atoms with E-state index in [-0.39, 0.29) is 35.5 Å². The van der Waals surface area contributed by atoms with Crippen molar-refractivity contribution in [3.63, 3.8) is 0 Å². The van der Waals surface area contributed by atoms with Gasteiger partial charge in [0.2, 0.25) is 0 Å². The van der Waals surface area contributed by atoms with E-state index in [9.17, 15) is 0 Å². The standard InChI is InChI=1S/C9H17.C6H5.ClH.Mg/c1-2-6-9-7-4-3-5-8-9;1-2-4-6-5-3-1;;/h3,9H,2,4-8H2,1H3;1-5H;1H;/q2*-1;;+2. The average Bonchev–Trinajstić information content (AvgIpc) is 2.34. The van der Waals surface area contributed by atoms with Gasteiger partial charge in [-0.05, 0) is 5.92 Å². The van der Waals surface area contributed by atoms with Crippen LogP contribution in [0.5, 0.6) is 0 Å². The van der Waals surface area contributed by atoms with Crippen molar-refractivity contribution in [1.29, 1.82) is 0 Å². The minimum atomic E-state index is 0. The first kappa shape index (κ1) is 19.6. The Morgan fingerprint density at radius 2 is 1.71 bits per heavy atom. The number of hydrogen-bond donors (Lipinski definition) is 0. The molecule has 2 heteroatoms. The number of benzene rings is 1. The molecule has 0 spiro atoms. The Balaban J connectivity index is 0. The molecule has 1 aliphatic rings. The fraction of sp³-hybridized carbons (Fsp3) is 0.533. The molecule has 0 aromatic heterocycles. The van der Waals surface area contributed by atoms with E-state index in [1.165, 1.54) is 38.5 Å². The first-order valence-corrected chi connectivity index (χ1v) is 6.16. The van der Waals surface area contributed by atoms with Gasteiger partial charge in [-0.3, -0.25) is 0 Å². The summed E-state index contributed by atoms with van der Waals surface area (Å²) in [5.74, 6) is 1.07. The summed E-state index contributed by atoms with van der Waals surface area (Å²) in [6.45, 7) is 2.29. The summed E-state index contributed by atoms with van der Waals surface area (Å²) in [4.78, 5) is 0. The summed E-state index contributed by atoms with van der Waals surface area (Å²) >= 11 is 0. The topological polar surface area (TPSA) is 0 Å². The minimum Gasteiger partial charge on any atom is -0.328 e. The molecular weight excluding hydrogens is 240 g/mol. The van der Waals surface area contributed by atoms with Gasteiger partial charge in [0.25, 0.3) is 0 Å². The molecular formula is C15H23ClMg. The van der Waals surface area contributed by atoms with Crippen molar-refractivity contribution in [2.75, 3.05) is 0 Å². The predicted octanol–water partition coefficient (Wildman–Crippen LogP) is 4.71. The van der Waals surface area contributed by atoms with Crippen LogP contribution in [0.15, 0.2) is 30.3 Å². The van der Waals surface area contributed by atoms with E-state index in [2.05, 4.69) is 19.4 Å². The van der Waals surface area contributed by atoms with Crippen molar-refractivity contribution in [3.05, 3.63) is 42.8 Å². The summed E-state index contributed by atoms with van der Waals surface area (Å²) in [7, 11) is 0. The molecule has 0 amide bonds. The van der Waals surface area contributed by atoms with Crippen LogP contribution >= 0.6 is 12.4 Å². The van der Waals surface area contributed by atoms with Crippen LogP contribution in [-0.2, 0) is 0 Å². The maximum absolute atomic E-state index is 2.89. The third-order valence-electron chi connectivity index (χ3n) is 2.86. The van der Waals surface area contributed by atoms with Gasteiger partial charge in [0.05, 0.1) is 0 Å². The van der Waals surface area contributed by atoms with Crippen molar-refractivity contribution < 1.29 is 0 Å². The van der Waals surface area contributed by atoms with Crippen LogP contribution < -0.4 is 0 Å². The molecule has 1 aromatic carbocycles. The SMILES string of the molecule is CCCC1CC[CH-]CC1.Cl.[Mg+2].[c-]1ccccc1. The van der Waals surface area contributed by atoms with Gasteiger partial charge in [-0.25, -0.2) is 0 Å². The van der Waals surface area contributed by atoms with Crippen LogP contribution in [0.2, 0.25) is 0 Å². The van der Waals surface area contributed by atoms with Gasteiger partial charge >= 0.3 is 23.1 Å². The zero-order valence-electron chi connectivity index (χ0n) is 10.9. The predicted molar refractivity (Wildman–Crippen MR) is 79.4 cm³/mol. The van der Waals surface area contributed by atoms with E-state index >= 15 is 0 Å². The molecule has 0 nitrogen and oxygen atoms in total. The molecule has 0 unspecified atom stereocenters. The largest absolute Gasteiger partial charge is 2.00 e. The fourth-order valence-corrected chi connectivity index (χ4v) is 2.03. The Morgan fingerprint density at radius 3 is 2.06 bits per heavy atom. The second-order valence-corrected chi connectivity index (χ2v) is 4.18. The van der Waals surface area contributed by atoms with Crippen LogP contribution in [0, 0.1) is 18.4 Å². The van der Waals surface area contributed by atoms with Crippen molar-refractivity contribution in [1.82, 2.24) is 0 Å².